The Hall–Kier alpha value is -0.0800. The van der Waals surface area contributed by atoms with Crippen molar-refractivity contribution in [3.8, 4) is 0 Å². The average Bonchev–Trinajstić information content (AvgIpc) is 2.04. The van der Waals surface area contributed by atoms with Crippen molar-refractivity contribution in [2.45, 2.75) is 52.2 Å². The largest absolute Gasteiger partial charge is 0.364 e. The Morgan fingerprint density at radius 3 is 2.45 bits per heavy atom. The molecule has 11 heavy (non-hydrogen) atoms. The van der Waals surface area contributed by atoms with Gasteiger partial charge in [0.1, 0.15) is 6.23 Å². The molecule has 2 heteroatoms. The maximum absolute atomic E-state index is 5.57. The second-order valence-electron chi connectivity index (χ2n) is 2.88. The van der Waals surface area contributed by atoms with Crippen LogP contribution in [0.25, 0.3) is 0 Å². The Morgan fingerprint density at radius 2 is 1.91 bits per heavy atom. The van der Waals surface area contributed by atoms with E-state index in [-0.39, 0.29) is 6.23 Å². The molecule has 2 N–H and O–H groups in total. The summed E-state index contributed by atoms with van der Waals surface area (Å²) in [6, 6.07) is 0. The van der Waals surface area contributed by atoms with E-state index < -0.39 is 0 Å². The van der Waals surface area contributed by atoms with Crippen LogP contribution in [0.5, 0.6) is 0 Å². The molecule has 0 rings (SSSR count). The van der Waals surface area contributed by atoms with Crippen LogP contribution in [0.4, 0.5) is 0 Å². The zero-order valence-electron chi connectivity index (χ0n) is 7.81. The van der Waals surface area contributed by atoms with Crippen molar-refractivity contribution in [1.29, 1.82) is 0 Å². The summed E-state index contributed by atoms with van der Waals surface area (Å²) >= 11 is 0. The summed E-state index contributed by atoms with van der Waals surface area (Å²) in [4.78, 5) is 0. The van der Waals surface area contributed by atoms with Crippen LogP contribution in [0.2, 0.25) is 0 Å². The summed E-state index contributed by atoms with van der Waals surface area (Å²) in [7, 11) is 0. The zero-order valence-corrected chi connectivity index (χ0v) is 7.81. The van der Waals surface area contributed by atoms with E-state index in [0.29, 0.717) is 0 Å². The lowest BCUT2D eigenvalue weighted by atomic mass is 10.2. The van der Waals surface area contributed by atoms with Gasteiger partial charge in [0, 0.05) is 6.61 Å². The molecule has 0 bridgehead atoms. The highest BCUT2D eigenvalue weighted by atomic mass is 16.5. The standard InChI is InChI=1S/C9H21NO/c1-3-5-6-7-8-11-9(10)4-2/h9H,3-8,10H2,1-2H3. The second kappa shape index (κ2) is 8.02. The van der Waals surface area contributed by atoms with Crippen LogP contribution >= 0.6 is 0 Å². The fourth-order valence-corrected chi connectivity index (χ4v) is 0.881. The van der Waals surface area contributed by atoms with Gasteiger partial charge in [-0.25, -0.2) is 0 Å². The van der Waals surface area contributed by atoms with Crippen LogP contribution in [0.1, 0.15) is 46.0 Å². The molecule has 0 spiro atoms. The van der Waals surface area contributed by atoms with E-state index in [2.05, 4.69) is 6.92 Å². The van der Waals surface area contributed by atoms with Gasteiger partial charge in [-0.2, -0.15) is 0 Å². The Kier molecular flexibility index (Phi) is 7.96. The number of rotatable bonds is 7. The molecule has 0 radical (unpaired) electrons. The van der Waals surface area contributed by atoms with Crippen molar-refractivity contribution in [2.75, 3.05) is 6.61 Å². The number of hydrogen-bond acceptors (Lipinski definition) is 2. The van der Waals surface area contributed by atoms with Crippen molar-refractivity contribution in [2.24, 2.45) is 5.73 Å². The maximum Gasteiger partial charge on any atom is 0.105 e. The van der Waals surface area contributed by atoms with Gasteiger partial charge in [-0.3, -0.25) is 0 Å². The molecular formula is C9H21NO. The lowest BCUT2D eigenvalue weighted by Crippen LogP contribution is -2.22. The molecule has 0 aromatic carbocycles. The molecule has 0 amide bonds. The van der Waals surface area contributed by atoms with Crippen molar-refractivity contribution in [3.05, 3.63) is 0 Å². The summed E-state index contributed by atoms with van der Waals surface area (Å²) in [5.74, 6) is 0. The van der Waals surface area contributed by atoms with Crippen molar-refractivity contribution in [3.63, 3.8) is 0 Å². The van der Waals surface area contributed by atoms with Crippen molar-refractivity contribution >= 4 is 0 Å². The minimum absolute atomic E-state index is 0.0448. The number of hydrogen-bond donors (Lipinski definition) is 1. The molecular weight excluding hydrogens is 138 g/mol. The summed E-state index contributed by atoms with van der Waals surface area (Å²) in [6.45, 7) is 5.07. The quantitative estimate of drug-likeness (QED) is 0.457. The van der Waals surface area contributed by atoms with Crippen LogP contribution in [0.15, 0.2) is 0 Å². The summed E-state index contributed by atoms with van der Waals surface area (Å²) in [5.41, 5.74) is 5.57. The van der Waals surface area contributed by atoms with Crippen LogP contribution in [-0.2, 0) is 4.74 Å². The van der Waals surface area contributed by atoms with Gasteiger partial charge in [0.05, 0.1) is 0 Å². The highest BCUT2D eigenvalue weighted by Gasteiger charge is 1.96. The van der Waals surface area contributed by atoms with E-state index in [1.807, 2.05) is 6.92 Å². The third-order valence-corrected chi connectivity index (χ3v) is 1.73. The molecule has 0 aromatic rings. The minimum atomic E-state index is -0.0448. The first-order valence-corrected chi connectivity index (χ1v) is 4.68. The van der Waals surface area contributed by atoms with Gasteiger partial charge in [0.2, 0.25) is 0 Å². The van der Waals surface area contributed by atoms with Crippen molar-refractivity contribution in [1.82, 2.24) is 0 Å². The monoisotopic (exact) mass is 159 g/mol. The Labute approximate surface area is 70.1 Å². The second-order valence-corrected chi connectivity index (χ2v) is 2.88. The summed E-state index contributed by atoms with van der Waals surface area (Å²) in [5, 5.41) is 0. The fraction of sp³-hybridized carbons (Fsp3) is 1.00. The Balaban J connectivity index is 2.89. The highest BCUT2D eigenvalue weighted by molar-refractivity contribution is 4.44. The van der Waals surface area contributed by atoms with E-state index >= 15 is 0 Å². The van der Waals surface area contributed by atoms with Gasteiger partial charge < -0.3 is 10.5 Å². The number of ether oxygens (including phenoxy) is 1. The third kappa shape index (κ3) is 7.82. The Bertz CT molecular complexity index is 76.0. The molecule has 0 heterocycles. The van der Waals surface area contributed by atoms with Crippen LogP contribution in [0.3, 0.4) is 0 Å². The smallest absolute Gasteiger partial charge is 0.105 e. The molecule has 68 valence electrons. The molecule has 0 aliphatic rings. The van der Waals surface area contributed by atoms with Gasteiger partial charge in [0.15, 0.2) is 0 Å². The molecule has 0 saturated carbocycles. The normalized spacial score (nSPS) is 13.4. The Morgan fingerprint density at radius 1 is 1.18 bits per heavy atom. The van der Waals surface area contributed by atoms with E-state index in [1.165, 1.54) is 19.3 Å². The van der Waals surface area contributed by atoms with Crippen LogP contribution in [-0.4, -0.2) is 12.8 Å². The van der Waals surface area contributed by atoms with E-state index in [0.717, 1.165) is 19.4 Å². The van der Waals surface area contributed by atoms with Gasteiger partial charge >= 0.3 is 0 Å². The molecule has 1 atom stereocenters. The van der Waals surface area contributed by atoms with Gasteiger partial charge in [0.25, 0.3) is 0 Å². The molecule has 1 unspecified atom stereocenters. The molecule has 0 aliphatic carbocycles. The number of unbranched alkanes of at least 4 members (excludes halogenated alkanes) is 3. The van der Waals surface area contributed by atoms with Crippen LogP contribution in [0, 0.1) is 0 Å². The zero-order chi connectivity index (χ0) is 8.53. The average molecular weight is 159 g/mol. The van der Waals surface area contributed by atoms with Gasteiger partial charge in [-0.15, -0.1) is 0 Å². The van der Waals surface area contributed by atoms with E-state index in [1.54, 1.807) is 0 Å². The SMILES string of the molecule is CCCCCCOC(N)CC. The lowest BCUT2D eigenvalue weighted by Gasteiger charge is -2.09. The predicted octanol–water partition coefficient (Wildman–Crippen LogP) is 2.28. The molecule has 0 fully saturated rings. The molecule has 0 aromatic heterocycles. The summed E-state index contributed by atoms with van der Waals surface area (Å²) < 4.78 is 5.32. The lowest BCUT2D eigenvalue weighted by molar-refractivity contribution is 0.0526. The molecule has 0 saturated heterocycles. The van der Waals surface area contributed by atoms with Crippen LogP contribution < -0.4 is 5.73 Å². The first-order valence-electron chi connectivity index (χ1n) is 4.68. The first-order chi connectivity index (χ1) is 5.31. The maximum atomic E-state index is 5.57. The third-order valence-electron chi connectivity index (χ3n) is 1.73. The van der Waals surface area contributed by atoms with Gasteiger partial charge in [-0.1, -0.05) is 33.1 Å². The number of nitrogens with two attached hydrogens (primary N) is 1. The van der Waals surface area contributed by atoms with Gasteiger partial charge in [-0.05, 0) is 12.8 Å². The fourth-order valence-electron chi connectivity index (χ4n) is 0.881. The minimum Gasteiger partial charge on any atom is -0.364 e. The first kappa shape index (κ1) is 10.9. The highest BCUT2D eigenvalue weighted by Crippen LogP contribution is 2.00. The molecule has 2 nitrogen and oxygen atoms in total. The molecule has 0 aliphatic heterocycles. The topological polar surface area (TPSA) is 35.2 Å². The van der Waals surface area contributed by atoms with E-state index in [9.17, 15) is 0 Å². The van der Waals surface area contributed by atoms with E-state index in [4.69, 9.17) is 10.5 Å². The summed E-state index contributed by atoms with van der Waals surface area (Å²) in [6.07, 6.45) is 5.88. The van der Waals surface area contributed by atoms with Crippen molar-refractivity contribution < 1.29 is 4.74 Å². The predicted molar refractivity (Wildman–Crippen MR) is 48.4 cm³/mol.